The fraction of sp³-hybridized carbons (Fsp3) is 0.533. The second-order valence-corrected chi connectivity index (χ2v) is 8.51. The van der Waals surface area contributed by atoms with Crippen LogP contribution in [0.25, 0.3) is 0 Å². The average molecular weight is 361 g/mol. The minimum absolute atomic E-state index is 0.266. The highest BCUT2D eigenvalue weighted by atomic mass is 35.5. The molecule has 3 rings (SSSR count). The van der Waals surface area contributed by atoms with Crippen LogP contribution < -0.4 is 9.47 Å². The molecule has 6 nitrogen and oxygen atoms in total. The van der Waals surface area contributed by atoms with Crippen molar-refractivity contribution in [1.29, 1.82) is 0 Å². The summed E-state index contributed by atoms with van der Waals surface area (Å²) in [6.07, 6.45) is 2.21. The summed E-state index contributed by atoms with van der Waals surface area (Å²) in [6, 6.07) is 3.01. The van der Waals surface area contributed by atoms with Gasteiger partial charge in [-0.25, -0.2) is 13.2 Å². The molecule has 2 unspecified atom stereocenters. The quantitative estimate of drug-likeness (QED) is 0.769. The van der Waals surface area contributed by atoms with E-state index in [9.17, 15) is 13.2 Å². The Morgan fingerprint density at radius 3 is 2.70 bits per heavy atom. The lowest BCUT2D eigenvalue weighted by molar-refractivity contribution is 0.0317. The van der Waals surface area contributed by atoms with E-state index in [2.05, 4.69) is 0 Å². The van der Waals surface area contributed by atoms with Crippen molar-refractivity contribution in [3.8, 4) is 11.5 Å². The van der Waals surface area contributed by atoms with Gasteiger partial charge in [-0.3, -0.25) is 0 Å². The van der Waals surface area contributed by atoms with E-state index in [0.29, 0.717) is 44.0 Å². The van der Waals surface area contributed by atoms with Crippen molar-refractivity contribution in [2.24, 2.45) is 0 Å². The predicted molar refractivity (Wildman–Crippen MR) is 84.1 cm³/mol. The molecule has 1 heterocycles. The van der Waals surface area contributed by atoms with Crippen LogP contribution in [0.1, 0.15) is 29.6 Å². The number of hydrogen-bond acceptors (Lipinski definition) is 6. The van der Waals surface area contributed by atoms with Crippen molar-refractivity contribution < 1.29 is 27.4 Å². The molecule has 126 valence electrons. The van der Waals surface area contributed by atoms with E-state index in [4.69, 9.17) is 25.8 Å². The van der Waals surface area contributed by atoms with Crippen LogP contribution in [0, 0.1) is 0 Å². The Balaban J connectivity index is 1.71. The number of esters is 1. The van der Waals surface area contributed by atoms with Crippen LogP contribution in [0.4, 0.5) is 0 Å². The number of fused-ring (bicyclic) bond motifs is 1. The lowest BCUT2D eigenvalue weighted by Gasteiger charge is -2.20. The molecule has 2 aliphatic rings. The van der Waals surface area contributed by atoms with E-state index in [1.165, 1.54) is 18.4 Å². The van der Waals surface area contributed by atoms with Crippen LogP contribution in [0.5, 0.6) is 11.5 Å². The molecule has 0 saturated heterocycles. The van der Waals surface area contributed by atoms with Crippen LogP contribution >= 0.6 is 11.6 Å². The third kappa shape index (κ3) is 3.55. The molecule has 0 N–H and O–H groups in total. The zero-order chi connectivity index (χ0) is 16.6. The number of carbonyl (C=O) groups excluding carboxylic acids is 1. The maximum atomic E-state index is 12.3. The minimum Gasteiger partial charge on any atom is -0.486 e. The van der Waals surface area contributed by atoms with Crippen molar-refractivity contribution in [1.82, 2.24) is 0 Å². The van der Waals surface area contributed by atoms with Gasteiger partial charge in [0, 0.05) is 12.7 Å². The predicted octanol–water partition coefficient (Wildman–Crippen LogP) is 2.23. The van der Waals surface area contributed by atoms with Crippen molar-refractivity contribution in [2.45, 2.75) is 30.6 Å². The topological polar surface area (TPSA) is 78.9 Å². The molecule has 1 aromatic rings. The van der Waals surface area contributed by atoms with Crippen molar-refractivity contribution >= 4 is 27.4 Å². The van der Waals surface area contributed by atoms with Crippen molar-refractivity contribution in [2.75, 3.05) is 19.5 Å². The summed E-state index contributed by atoms with van der Waals surface area (Å²) in [5.74, 6) is 0.298. The molecule has 0 bridgehead atoms. The van der Waals surface area contributed by atoms with Gasteiger partial charge in [-0.2, -0.15) is 0 Å². The third-order valence-corrected chi connectivity index (χ3v) is 5.97. The Hall–Kier alpha value is -1.47. The van der Waals surface area contributed by atoms with E-state index in [0.717, 1.165) is 0 Å². The molecular formula is C15H17ClO6S. The number of carbonyl (C=O) groups is 1. The summed E-state index contributed by atoms with van der Waals surface area (Å²) in [5.41, 5.74) is 0.266. The number of rotatable bonds is 3. The molecule has 2 atom stereocenters. The molecular weight excluding hydrogens is 344 g/mol. The van der Waals surface area contributed by atoms with Crippen molar-refractivity contribution in [3.05, 3.63) is 22.7 Å². The van der Waals surface area contributed by atoms with E-state index in [1.807, 2.05) is 0 Å². The van der Waals surface area contributed by atoms with Crippen LogP contribution in [-0.4, -0.2) is 45.2 Å². The molecule has 0 spiro atoms. The third-order valence-electron chi connectivity index (χ3n) is 4.05. The van der Waals surface area contributed by atoms with Gasteiger partial charge >= 0.3 is 5.97 Å². The molecule has 8 heteroatoms. The normalized spacial score (nSPS) is 23.6. The van der Waals surface area contributed by atoms with Gasteiger partial charge in [-0.15, -0.1) is 0 Å². The van der Waals surface area contributed by atoms with Crippen LogP contribution in [0.3, 0.4) is 0 Å². The molecule has 0 aromatic heterocycles. The maximum absolute atomic E-state index is 12.3. The molecule has 1 fully saturated rings. The lowest BCUT2D eigenvalue weighted by atomic mass is 10.2. The summed E-state index contributed by atoms with van der Waals surface area (Å²) in [5, 5.41) is -0.154. The lowest BCUT2D eigenvalue weighted by Crippen LogP contribution is -2.21. The number of ether oxygens (including phenoxy) is 3. The standard InChI is InChI=1S/C15H17ClO6S/c1-23(18,19)11-3-2-10(8-11)22-15(17)9-6-12(16)14-13(7-9)20-4-5-21-14/h6-7,10-11H,2-5,8H2,1H3. The van der Waals surface area contributed by atoms with Crippen molar-refractivity contribution in [3.63, 3.8) is 0 Å². The first-order chi connectivity index (χ1) is 10.8. The fourth-order valence-electron chi connectivity index (χ4n) is 2.84. The summed E-state index contributed by atoms with van der Waals surface area (Å²) >= 11 is 6.10. The maximum Gasteiger partial charge on any atom is 0.338 e. The van der Waals surface area contributed by atoms with Gasteiger partial charge in [0.2, 0.25) is 0 Å². The second kappa shape index (κ2) is 6.20. The summed E-state index contributed by atoms with van der Waals surface area (Å²) < 4.78 is 39.3. The zero-order valence-corrected chi connectivity index (χ0v) is 14.2. The summed E-state index contributed by atoms with van der Waals surface area (Å²) in [4.78, 5) is 12.3. The Morgan fingerprint density at radius 1 is 1.26 bits per heavy atom. The van der Waals surface area contributed by atoms with E-state index >= 15 is 0 Å². The smallest absolute Gasteiger partial charge is 0.338 e. The van der Waals surface area contributed by atoms with E-state index in [-0.39, 0.29) is 10.6 Å². The highest BCUT2D eigenvalue weighted by Crippen LogP contribution is 2.38. The van der Waals surface area contributed by atoms with Crippen LogP contribution in [0.2, 0.25) is 5.02 Å². The zero-order valence-electron chi connectivity index (χ0n) is 12.6. The van der Waals surface area contributed by atoms with Gasteiger partial charge in [0.1, 0.15) is 29.2 Å². The Kier molecular flexibility index (Phi) is 4.42. The molecule has 1 aliphatic carbocycles. The molecule has 23 heavy (non-hydrogen) atoms. The molecule has 1 aliphatic heterocycles. The highest BCUT2D eigenvalue weighted by molar-refractivity contribution is 7.91. The monoisotopic (exact) mass is 360 g/mol. The van der Waals surface area contributed by atoms with Gasteiger partial charge in [0.15, 0.2) is 11.5 Å². The van der Waals surface area contributed by atoms with Gasteiger partial charge in [0.25, 0.3) is 0 Å². The highest BCUT2D eigenvalue weighted by Gasteiger charge is 2.34. The Bertz CT molecular complexity index is 730. The number of sulfone groups is 1. The SMILES string of the molecule is CS(=O)(=O)C1CCC(OC(=O)c2cc(Cl)c3c(c2)OCCO3)C1. The Morgan fingerprint density at radius 2 is 2.00 bits per heavy atom. The number of hydrogen-bond donors (Lipinski definition) is 0. The average Bonchev–Trinajstić information content (AvgIpc) is 2.96. The number of benzene rings is 1. The first-order valence-electron chi connectivity index (χ1n) is 7.33. The van der Waals surface area contributed by atoms with Gasteiger partial charge in [-0.05, 0) is 25.0 Å². The first-order valence-corrected chi connectivity index (χ1v) is 9.67. The minimum atomic E-state index is -3.10. The van der Waals surface area contributed by atoms with Gasteiger partial charge in [-0.1, -0.05) is 11.6 Å². The molecule has 1 saturated carbocycles. The van der Waals surface area contributed by atoms with Crippen LogP contribution in [0.15, 0.2) is 12.1 Å². The summed E-state index contributed by atoms with van der Waals surface area (Å²) in [7, 11) is -3.10. The molecule has 0 radical (unpaired) electrons. The van der Waals surface area contributed by atoms with E-state index in [1.54, 1.807) is 0 Å². The van der Waals surface area contributed by atoms with E-state index < -0.39 is 27.2 Å². The second-order valence-electron chi connectivity index (χ2n) is 5.77. The molecule has 1 aromatic carbocycles. The number of halogens is 1. The molecule has 0 amide bonds. The van der Waals surface area contributed by atoms with Gasteiger partial charge in [0.05, 0.1) is 15.8 Å². The largest absolute Gasteiger partial charge is 0.486 e. The summed E-state index contributed by atoms with van der Waals surface area (Å²) in [6.45, 7) is 0.798. The first kappa shape index (κ1) is 16.4. The van der Waals surface area contributed by atoms with Gasteiger partial charge < -0.3 is 14.2 Å². The van der Waals surface area contributed by atoms with Crippen LogP contribution in [-0.2, 0) is 14.6 Å². The fourth-order valence-corrected chi connectivity index (χ4v) is 4.24. The Labute approximate surface area is 139 Å².